The summed E-state index contributed by atoms with van der Waals surface area (Å²) in [4.78, 5) is 2.48. The third-order valence-electron chi connectivity index (χ3n) is 2.39. The van der Waals surface area contributed by atoms with Crippen molar-refractivity contribution in [3.8, 4) is 0 Å². The molecule has 0 aromatic heterocycles. The van der Waals surface area contributed by atoms with Crippen molar-refractivity contribution in [2.45, 2.75) is 46.1 Å². The normalized spacial score (nSPS) is 13.8. The van der Waals surface area contributed by atoms with Gasteiger partial charge >= 0.3 is 0 Å². The van der Waals surface area contributed by atoms with Crippen LogP contribution in [0.15, 0.2) is 0 Å². The molecule has 1 nitrogen and oxygen atoms in total. The predicted octanol–water partition coefficient (Wildman–Crippen LogP) is 3.13. The highest BCUT2D eigenvalue weighted by atomic mass is 35.5. The first-order valence-corrected chi connectivity index (χ1v) is 5.63. The fraction of sp³-hybridized carbons (Fsp3) is 1.00. The lowest BCUT2D eigenvalue weighted by Crippen LogP contribution is -2.36. The molecule has 0 rings (SSSR count). The average molecular weight is 192 g/mol. The van der Waals surface area contributed by atoms with Crippen LogP contribution in [-0.2, 0) is 0 Å². The van der Waals surface area contributed by atoms with Gasteiger partial charge in [-0.1, -0.05) is 27.2 Å². The molecule has 0 N–H and O–H groups in total. The van der Waals surface area contributed by atoms with Crippen LogP contribution in [-0.4, -0.2) is 29.9 Å². The minimum absolute atomic E-state index is 0.749. The minimum Gasteiger partial charge on any atom is -0.299 e. The van der Waals surface area contributed by atoms with Crippen molar-refractivity contribution in [2.24, 2.45) is 0 Å². The Hall–Kier alpha value is 0.250. The predicted molar refractivity (Wildman–Crippen MR) is 57.0 cm³/mol. The lowest BCUT2D eigenvalue weighted by Gasteiger charge is -2.28. The average Bonchev–Trinajstić information content (AvgIpc) is 2.11. The molecule has 1 unspecified atom stereocenters. The lowest BCUT2D eigenvalue weighted by atomic mass is 10.1. The topological polar surface area (TPSA) is 3.24 Å². The Labute approximate surface area is 82.1 Å². The summed E-state index contributed by atoms with van der Waals surface area (Å²) in [6.07, 6.45) is 3.83. The summed E-state index contributed by atoms with van der Waals surface area (Å²) in [7, 11) is 0. The van der Waals surface area contributed by atoms with E-state index in [0.717, 1.165) is 25.0 Å². The summed E-state index contributed by atoms with van der Waals surface area (Å²) in [5.41, 5.74) is 0. The standard InChI is InChI=1S/C10H22ClN/c1-4-7-10(5-2)12(6-3)9-8-11/h10H,4-9H2,1-3H3. The highest BCUT2D eigenvalue weighted by Crippen LogP contribution is 2.10. The van der Waals surface area contributed by atoms with Gasteiger partial charge in [0.15, 0.2) is 0 Å². The molecule has 74 valence electrons. The van der Waals surface area contributed by atoms with Crippen molar-refractivity contribution in [3.63, 3.8) is 0 Å². The van der Waals surface area contributed by atoms with E-state index in [2.05, 4.69) is 25.7 Å². The highest BCUT2D eigenvalue weighted by molar-refractivity contribution is 6.18. The van der Waals surface area contributed by atoms with Gasteiger partial charge in [-0.05, 0) is 19.4 Å². The SMILES string of the molecule is CCCC(CC)N(CC)CCCl. The number of halogens is 1. The Bertz CT molecular complexity index is 83.8. The molecular formula is C10H22ClN. The molecule has 1 atom stereocenters. The summed E-state index contributed by atoms with van der Waals surface area (Å²) in [6, 6.07) is 0.749. The fourth-order valence-corrected chi connectivity index (χ4v) is 1.90. The molecule has 0 fully saturated rings. The second-order valence-electron chi connectivity index (χ2n) is 3.17. The largest absolute Gasteiger partial charge is 0.299 e. The summed E-state index contributed by atoms with van der Waals surface area (Å²) in [5.74, 6) is 0.758. The Morgan fingerprint density at radius 1 is 1.25 bits per heavy atom. The molecule has 0 aliphatic rings. The first-order chi connectivity index (χ1) is 5.79. The summed E-state index contributed by atoms with van der Waals surface area (Å²) in [6.45, 7) is 8.89. The van der Waals surface area contributed by atoms with Crippen LogP contribution in [0.5, 0.6) is 0 Å². The van der Waals surface area contributed by atoms with Gasteiger partial charge in [0.25, 0.3) is 0 Å². The molecule has 0 radical (unpaired) electrons. The maximum Gasteiger partial charge on any atom is 0.0351 e. The van der Waals surface area contributed by atoms with E-state index >= 15 is 0 Å². The Morgan fingerprint density at radius 2 is 1.92 bits per heavy atom. The molecular weight excluding hydrogens is 170 g/mol. The smallest absolute Gasteiger partial charge is 0.0351 e. The van der Waals surface area contributed by atoms with Crippen LogP contribution in [0.25, 0.3) is 0 Å². The van der Waals surface area contributed by atoms with Crippen molar-refractivity contribution < 1.29 is 0 Å². The van der Waals surface area contributed by atoms with Crippen molar-refractivity contribution in [1.82, 2.24) is 4.90 Å². The zero-order valence-corrected chi connectivity index (χ0v) is 9.40. The zero-order valence-electron chi connectivity index (χ0n) is 8.65. The third kappa shape index (κ3) is 4.32. The molecule has 0 heterocycles. The molecule has 0 aliphatic carbocycles. The molecule has 0 amide bonds. The second kappa shape index (κ2) is 7.88. The third-order valence-corrected chi connectivity index (χ3v) is 2.56. The molecule has 2 heteroatoms. The summed E-state index contributed by atoms with van der Waals surface area (Å²) in [5, 5.41) is 0. The maximum atomic E-state index is 5.73. The first-order valence-electron chi connectivity index (χ1n) is 5.10. The molecule has 0 bridgehead atoms. The quantitative estimate of drug-likeness (QED) is 0.559. The second-order valence-corrected chi connectivity index (χ2v) is 3.55. The number of nitrogens with zero attached hydrogens (tertiary/aromatic N) is 1. The van der Waals surface area contributed by atoms with Gasteiger partial charge in [0, 0.05) is 18.5 Å². The van der Waals surface area contributed by atoms with Gasteiger partial charge in [-0.25, -0.2) is 0 Å². The van der Waals surface area contributed by atoms with Crippen LogP contribution in [0.2, 0.25) is 0 Å². The maximum absolute atomic E-state index is 5.73. The van der Waals surface area contributed by atoms with Crippen molar-refractivity contribution >= 4 is 11.6 Å². The Morgan fingerprint density at radius 3 is 2.25 bits per heavy atom. The van der Waals surface area contributed by atoms with Gasteiger partial charge in [-0.2, -0.15) is 0 Å². The molecule has 0 aromatic carbocycles. The zero-order chi connectivity index (χ0) is 9.40. The van der Waals surface area contributed by atoms with Gasteiger partial charge in [0.05, 0.1) is 0 Å². The molecule has 0 saturated carbocycles. The molecule has 0 aliphatic heterocycles. The van der Waals surface area contributed by atoms with Crippen LogP contribution >= 0.6 is 11.6 Å². The van der Waals surface area contributed by atoms with E-state index in [0.29, 0.717) is 0 Å². The van der Waals surface area contributed by atoms with E-state index in [4.69, 9.17) is 11.6 Å². The summed E-state index contributed by atoms with van der Waals surface area (Å²) < 4.78 is 0. The summed E-state index contributed by atoms with van der Waals surface area (Å²) >= 11 is 5.73. The van der Waals surface area contributed by atoms with Gasteiger partial charge < -0.3 is 0 Å². The number of hydrogen-bond acceptors (Lipinski definition) is 1. The number of rotatable bonds is 7. The van der Waals surface area contributed by atoms with Gasteiger partial charge in [0.1, 0.15) is 0 Å². The van der Waals surface area contributed by atoms with E-state index in [-0.39, 0.29) is 0 Å². The Kier molecular flexibility index (Phi) is 8.04. The Balaban J connectivity index is 3.84. The van der Waals surface area contributed by atoms with E-state index in [1.165, 1.54) is 19.3 Å². The van der Waals surface area contributed by atoms with E-state index in [1.807, 2.05) is 0 Å². The van der Waals surface area contributed by atoms with Crippen LogP contribution in [0, 0.1) is 0 Å². The molecule has 0 spiro atoms. The van der Waals surface area contributed by atoms with Crippen molar-refractivity contribution in [2.75, 3.05) is 19.0 Å². The lowest BCUT2D eigenvalue weighted by molar-refractivity contribution is 0.201. The van der Waals surface area contributed by atoms with Crippen LogP contribution < -0.4 is 0 Å². The minimum atomic E-state index is 0.749. The van der Waals surface area contributed by atoms with E-state index < -0.39 is 0 Å². The van der Waals surface area contributed by atoms with Gasteiger partial charge in [-0.15, -0.1) is 11.6 Å². The first kappa shape index (κ1) is 12.2. The van der Waals surface area contributed by atoms with Crippen molar-refractivity contribution in [1.29, 1.82) is 0 Å². The highest BCUT2D eigenvalue weighted by Gasteiger charge is 2.12. The monoisotopic (exact) mass is 191 g/mol. The van der Waals surface area contributed by atoms with Crippen LogP contribution in [0.4, 0.5) is 0 Å². The molecule has 12 heavy (non-hydrogen) atoms. The molecule has 0 aromatic rings. The molecule has 0 saturated heterocycles. The van der Waals surface area contributed by atoms with Gasteiger partial charge in [0.2, 0.25) is 0 Å². The fourth-order valence-electron chi connectivity index (χ4n) is 1.69. The van der Waals surface area contributed by atoms with Gasteiger partial charge in [-0.3, -0.25) is 4.90 Å². The van der Waals surface area contributed by atoms with E-state index in [9.17, 15) is 0 Å². The van der Waals surface area contributed by atoms with Crippen molar-refractivity contribution in [3.05, 3.63) is 0 Å². The number of alkyl halides is 1. The van der Waals surface area contributed by atoms with Crippen LogP contribution in [0.3, 0.4) is 0 Å². The van der Waals surface area contributed by atoms with E-state index in [1.54, 1.807) is 0 Å². The van der Waals surface area contributed by atoms with Crippen LogP contribution in [0.1, 0.15) is 40.0 Å². The number of hydrogen-bond donors (Lipinski definition) is 0.